The van der Waals surface area contributed by atoms with Gasteiger partial charge in [0.2, 0.25) is 0 Å². The first-order valence-electron chi connectivity index (χ1n) is 4.14. The van der Waals surface area contributed by atoms with Gasteiger partial charge in [0.1, 0.15) is 0 Å². The third kappa shape index (κ3) is 1.20. The van der Waals surface area contributed by atoms with Crippen molar-refractivity contribution < 1.29 is 0 Å². The molecule has 1 aliphatic rings. The van der Waals surface area contributed by atoms with Crippen molar-refractivity contribution in [2.45, 2.75) is 25.2 Å². The Bertz CT molecular complexity index is 234. The van der Waals surface area contributed by atoms with Gasteiger partial charge < -0.3 is 0 Å². The van der Waals surface area contributed by atoms with Gasteiger partial charge in [0.25, 0.3) is 0 Å². The van der Waals surface area contributed by atoms with Gasteiger partial charge in [0, 0.05) is 0 Å². The van der Waals surface area contributed by atoms with E-state index in [-0.39, 0.29) is 7.92 Å². The lowest BCUT2D eigenvalue weighted by atomic mass is 10.4. The standard InChI is InChI=1S/C10H13P/c1-8-9(2)11(8)10-6-4-3-5-7-10/h3-9H,1-2H3/t8-,9-/m0/s1. The van der Waals surface area contributed by atoms with Gasteiger partial charge in [-0.2, -0.15) is 0 Å². The molecule has 58 valence electrons. The monoisotopic (exact) mass is 164 g/mol. The molecule has 0 nitrogen and oxygen atoms in total. The Labute approximate surface area is 69.4 Å². The number of hydrogen-bond donors (Lipinski definition) is 0. The first kappa shape index (κ1) is 7.31. The molecule has 1 aromatic rings. The van der Waals surface area contributed by atoms with E-state index in [1.165, 1.54) is 0 Å². The maximum Gasteiger partial charge on any atom is -0.0127 e. The molecule has 1 heterocycles. The fourth-order valence-corrected chi connectivity index (χ4v) is 4.24. The molecule has 0 unspecified atom stereocenters. The molecule has 0 amide bonds. The lowest BCUT2D eigenvalue weighted by molar-refractivity contribution is 1.05. The summed E-state index contributed by atoms with van der Waals surface area (Å²) in [6, 6.07) is 10.9. The molecule has 1 saturated heterocycles. The van der Waals surface area contributed by atoms with Crippen LogP contribution < -0.4 is 5.30 Å². The van der Waals surface area contributed by atoms with Gasteiger partial charge in [-0.25, -0.2) is 0 Å². The van der Waals surface area contributed by atoms with E-state index < -0.39 is 0 Å². The summed E-state index contributed by atoms with van der Waals surface area (Å²) >= 11 is 0. The van der Waals surface area contributed by atoms with Crippen molar-refractivity contribution in [3.63, 3.8) is 0 Å². The zero-order valence-electron chi connectivity index (χ0n) is 6.99. The lowest BCUT2D eigenvalue weighted by Crippen LogP contribution is -1.91. The molecule has 0 aromatic heterocycles. The summed E-state index contributed by atoms with van der Waals surface area (Å²) in [5.41, 5.74) is 1.93. The van der Waals surface area contributed by atoms with Crippen LogP contribution in [-0.4, -0.2) is 11.3 Å². The number of benzene rings is 1. The summed E-state index contributed by atoms with van der Waals surface area (Å²) in [5.74, 6) is 0. The second-order valence-corrected chi connectivity index (χ2v) is 6.18. The fourth-order valence-electron chi connectivity index (χ4n) is 1.57. The van der Waals surface area contributed by atoms with Crippen molar-refractivity contribution >= 4 is 13.2 Å². The van der Waals surface area contributed by atoms with Crippen molar-refractivity contribution in [2.24, 2.45) is 0 Å². The second-order valence-electron chi connectivity index (χ2n) is 3.22. The number of hydrogen-bond acceptors (Lipinski definition) is 0. The van der Waals surface area contributed by atoms with Crippen LogP contribution >= 0.6 is 7.92 Å². The highest BCUT2D eigenvalue weighted by Gasteiger charge is 2.42. The largest absolute Gasteiger partial charge is 0.0682 e. The van der Waals surface area contributed by atoms with Gasteiger partial charge in [-0.3, -0.25) is 0 Å². The fraction of sp³-hybridized carbons (Fsp3) is 0.400. The maximum atomic E-state index is 2.36. The predicted molar refractivity (Wildman–Crippen MR) is 51.9 cm³/mol. The average Bonchev–Trinajstić information content (AvgIpc) is 2.62. The Balaban J connectivity index is 2.20. The second kappa shape index (κ2) is 2.60. The predicted octanol–water partition coefficient (Wildman–Crippen LogP) is 2.58. The molecular weight excluding hydrogens is 151 g/mol. The van der Waals surface area contributed by atoms with Crippen LogP contribution in [0.1, 0.15) is 13.8 Å². The first-order chi connectivity index (χ1) is 5.30. The summed E-state index contributed by atoms with van der Waals surface area (Å²) in [6.45, 7) is 4.73. The minimum Gasteiger partial charge on any atom is -0.0682 e. The summed E-state index contributed by atoms with van der Waals surface area (Å²) in [7, 11) is 0.232. The summed E-state index contributed by atoms with van der Waals surface area (Å²) in [5, 5.41) is 1.59. The highest BCUT2D eigenvalue weighted by atomic mass is 31.1. The van der Waals surface area contributed by atoms with Crippen LogP contribution in [0.5, 0.6) is 0 Å². The van der Waals surface area contributed by atoms with E-state index in [9.17, 15) is 0 Å². The van der Waals surface area contributed by atoms with Crippen molar-refractivity contribution in [3.05, 3.63) is 30.3 Å². The Morgan fingerprint density at radius 1 is 1.00 bits per heavy atom. The van der Waals surface area contributed by atoms with Crippen molar-refractivity contribution in [1.82, 2.24) is 0 Å². The third-order valence-corrected chi connectivity index (χ3v) is 5.74. The van der Waals surface area contributed by atoms with E-state index in [4.69, 9.17) is 0 Å². The molecule has 1 aromatic carbocycles. The molecular formula is C10H13P. The summed E-state index contributed by atoms with van der Waals surface area (Å²) in [4.78, 5) is 0. The quantitative estimate of drug-likeness (QED) is 0.559. The molecule has 0 aliphatic carbocycles. The maximum absolute atomic E-state index is 2.36. The zero-order valence-corrected chi connectivity index (χ0v) is 7.88. The topological polar surface area (TPSA) is 0 Å². The van der Waals surface area contributed by atoms with Gasteiger partial charge in [-0.15, -0.1) is 0 Å². The van der Waals surface area contributed by atoms with Crippen LogP contribution in [0.2, 0.25) is 0 Å². The minimum atomic E-state index is 0.232. The smallest absolute Gasteiger partial charge is 0.0127 e. The molecule has 1 fully saturated rings. The minimum absolute atomic E-state index is 0.232. The van der Waals surface area contributed by atoms with Gasteiger partial charge in [0.05, 0.1) is 0 Å². The van der Waals surface area contributed by atoms with Crippen molar-refractivity contribution in [1.29, 1.82) is 0 Å². The molecule has 1 heteroatoms. The van der Waals surface area contributed by atoms with Gasteiger partial charge in [-0.05, 0) is 16.6 Å². The molecule has 0 radical (unpaired) electrons. The van der Waals surface area contributed by atoms with Gasteiger partial charge >= 0.3 is 0 Å². The average molecular weight is 164 g/mol. The Morgan fingerprint density at radius 2 is 1.55 bits per heavy atom. The molecule has 0 N–H and O–H groups in total. The molecule has 2 atom stereocenters. The van der Waals surface area contributed by atoms with E-state index in [1.54, 1.807) is 5.30 Å². The third-order valence-electron chi connectivity index (χ3n) is 2.54. The Morgan fingerprint density at radius 3 is 2.00 bits per heavy atom. The van der Waals surface area contributed by atoms with Crippen LogP contribution in [0.15, 0.2) is 30.3 Å². The summed E-state index contributed by atoms with van der Waals surface area (Å²) in [6.07, 6.45) is 0. The number of rotatable bonds is 1. The summed E-state index contributed by atoms with van der Waals surface area (Å²) < 4.78 is 0. The molecule has 0 bridgehead atoms. The Hall–Kier alpha value is -0.350. The SMILES string of the molecule is C[C@H]1[C@H](C)P1c1ccccc1. The van der Waals surface area contributed by atoms with E-state index in [1.807, 2.05) is 0 Å². The van der Waals surface area contributed by atoms with Gasteiger partial charge in [-0.1, -0.05) is 52.1 Å². The van der Waals surface area contributed by atoms with E-state index in [2.05, 4.69) is 44.2 Å². The van der Waals surface area contributed by atoms with E-state index >= 15 is 0 Å². The van der Waals surface area contributed by atoms with E-state index in [0.29, 0.717) is 0 Å². The Kier molecular flexibility index (Phi) is 1.73. The molecule has 2 rings (SSSR count). The van der Waals surface area contributed by atoms with Crippen LogP contribution in [0.3, 0.4) is 0 Å². The first-order valence-corrected chi connectivity index (χ1v) is 5.62. The highest BCUT2D eigenvalue weighted by molar-refractivity contribution is 7.74. The molecule has 11 heavy (non-hydrogen) atoms. The lowest BCUT2D eigenvalue weighted by Gasteiger charge is -1.96. The van der Waals surface area contributed by atoms with Crippen LogP contribution in [-0.2, 0) is 0 Å². The molecule has 1 aliphatic heterocycles. The zero-order chi connectivity index (χ0) is 7.84. The van der Waals surface area contributed by atoms with Gasteiger partial charge in [0.15, 0.2) is 0 Å². The molecule has 0 saturated carbocycles. The highest BCUT2D eigenvalue weighted by Crippen LogP contribution is 2.64. The normalized spacial score (nSPS) is 35.3. The molecule has 0 spiro atoms. The van der Waals surface area contributed by atoms with E-state index in [0.717, 1.165) is 11.3 Å². The van der Waals surface area contributed by atoms with Crippen molar-refractivity contribution in [3.8, 4) is 0 Å². The van der Waals surface area contributed by atoms with Crippen molar-refractivity contribution in [2.75, 3.05) is 0 Å². The van der Waals surface area contributed by atoms with Crippen LogP contribution in [0.25, 0.3) is 0 Å². The van der Waals surface area contributed by atoms with Crippen LogP contribution in [0.4, 0.5) is 0 Å². The van der Waals surface area contributed by atoms with Crippen LogP contribution in [0, 0.1) is 0 Å².